The van der Waals surface area contributed by atoms with Crippen molar-refractivity contribution in [3.63, 3.8) is 0 Å². The van der Waals surface area contributed by atoms with Crippen molar-refractivity contribution in [3.8, 4) is 22.8 Å². The van der Waals surface area contributed by atoms with Gasteiger partial charge in [-0.1, -0.05) is 36.4 Å². The van der Waals surface area contributed by atoms with Crippen LogP contribution >= 0.6 is 0 Å². The van der Waals surface area contributed by atoms with Gasteiger partial charge < -0.3 is 14.6 Å². The van der Waals surface area contributed by atoms with Gasteiger partial charge >= 0.3 is 0 Å². The highest BCUT2D eigenvalue weighted by molar-refractivity contribution is 5.81. The predicted octanol–water partition coefficient (Wildman–Crippen LogP) is 3.64. The summed E-state index contributed by atoms with van der Waals surface area (Å²) in [5.74, 6) is 0.380. The minimum atomic E-state index is -0.964. The molecule has 0 spiro atoms. The number of aromatic hydroxyl groups is 1. The van der Waals surface area contributed by atoms with Gasteiger partial charge in [0.1, 0.15) is 18.1 Å². The SMILES string of the molecule is C/C=C(\C)C1Oc2ncc(-c3ccccc3)c(O)c2[C@@]1(C)C=O. The second kappa shape index (κ2) is 5.54. The molecule has 3 rings (SSSR count). The van der Waals surface area contributed by atoms with Crippen LogP contribution in [-0.2, 0) is 10.2 Å². The molecule has 1 N–H and O–H groups in total. The maximum atomic E-state index is 11.9. The largest absolute Gasteiger partial charge is 0.507 e. The van der Waals surface area contributed by atoms with Crippen molar-refractivity contribution in [3.05, 3.63) is 53.7 Å². The van der Waals surface area contributed by atoms with Gasteiger partial charge in [-0.25, -0.2) is 4.98 Å². The number of carbonyl (C=O) groups is 1. The van der Waals surface area contributed by atoms with Gasteiger partial charge in [0.2, 0.25) is 5.88 Å². The Bertz CT molecular complexity index is 783. The molecule has 4 nitrogen and oxygen atoms in total. The first-order chi connectivity index (χ1) is 11.0. The maximum Gasteiger partial charge on any atom is 0.222 e. The molecule has 0 fully saturated rings. The van der Waals surface area contributed by atoms with Crippen LogP contribution in [0, 0.1) is 0 Å². The first-order valence-electron chi connectivity index (χ1n) is 7.56. The molecule has 1 aromatic carbocycles. The maximum absolute atomic E-state index is 11.9. The van der Waals surface area contributed by atoms with Crippen molar-refractivity contribution in [2.24, 2.45) is 0 Å². The highest BCUT2D eigenvalue weighted by atomic mass is 16.5. The molecular formula is C19H19NO3. The number of rotatable bonds is 3. The van der Waals surface area contributed by atoms with E-state index in [-0.39, 0.29) is 5.75 Å². The first kappa shape index (κ1) is 15.3. The average molecular weight is 309 g/mol. The standard InChI is InChI=1S/C19H19NO3/c1-4-12(2)17-19(3,11-21)15-16(22)14(10-20-18(15)23-17)13-8-6-5-7-9-13/h4-11,17H,1-3H3,(H,20,22)/b12-4+/t17?,19-/m1/s1. The van der Waals surface area contributed by atoms with Crippen LogP contribution in [-0.4, -0.2) is 22.5 Å². The lowest BCUT2D eigenvalue weighted by Crippen LogP contribution is -2.37. The van der Waals surface area contributed by atoms with Gasteiger partial charge in [-0.15, -0.1) is 0 Å². The number of fused-ring (bicyclic) bond motifs is 1. The van der Waals surface area contributed by atoms with Gasteiger partial charge in [0.15, 0.2) is 0 Å². The molecular weight excluding hydrogens is 290 g/mol. The molecule has 1 unspecified atom stereocenters. The molecule has 1 aliphatic rings. The molecule has 0 amide bonds. The van der Waals surface area contributed by atoms with Crippen molar-refractivity contribution >= 4 is 6.29 Å². The zero-order valence-corrected chi connectivity index (χ0v) is 13.4. The molecule has 23 heavy (non-hydrogen) atoms. The Labute approximate surface area is 135 Å². The Balaban J connectivity index is 2.21. The third kappa shape index (κ3) is 2.22. The lowest BCUT2D eigenvalue weighted by molar-refractivity contribution is -0.113. The highest BCUT2D eigenvalue weighted by Crippen LogP contribution is 2.50. The van der Waals surface area contributed by atoms with E-state index in [4.69, 9.17) is 4.74 Å². The molecule has 1 aromatic heterocycles. The van der Waals surface area contributed by atoms with Gasteiger partial charge in [-0.2, -0.15) is 0 Å². The number of allylic oxidation sites excluding steroid dienone is 1. The van der Waals surface area contributed by atoms with Gasteiger partial charge in [0, 0.05) is 11.8 Å². The third-order valence-corrected chi connectivity index (χ3v) is 4.53. The smallest absolute Gasteiger partial charge is 0.222 e. The molecule has 0 saturated carbocycles. The Kier molecular flexibility index (Phi) is 3.68. The summed E-state index contributed by atoms with van der Waals surface area (Å²) >= 11 is 0. The van der Waals surface area contributed by atoms with Gasteiger partial charge in [-0.05, 0) is 31.9 Å². The van der Waals surface area contributed by atoms with Crippen LogP contribution in [0.3, 0.4) is 0 Å². The fourth-order valence-corrected chi connectivity index (χ4v) is 3.09. The number of aldehydes is 1. The number of hydrogen-bond acceptors (Lipinski definition) is 4. The van der Waals surface area contributed by atoms with Crippen molar-refractivity contribution in [2.75, 3.05) is 0 Å². The summed E-state index contributed by atoms with van der Waals surface area (Å²) in [6.45, 7) is 5.59. The number of nitrogens with zero attached hydrogens (tertiary/aromatic N) is 1. The minimum Gasteiger partial charge on any atom is -0.507 e. The summed E-state index contributed by atoms with van der Waals surface area (Å²) < 4.78 is 5.87. The molecule has 2 aromatic rings. The predicted molar refractivity (Wildman–Crippen MR) is 88.6 cm³/mol. The second-order valence-corrected chi connectivity index (χ2v) is 6.00. The van der Waals surface area contributed by atoms with Crippen molar-refractivity contribution in [1.29, 1.82) is 0 Å². The van der Waals surface area contributed by atoms with Crippen molar-refractivity contribution in [2.45, 2.75) is 32.3 Å². The molecule has 2 heterocycles. The highest BCUT2D eigenvalue weighted by Gasteiger charge is 2.49. The monoisotopic (exact) mass is 309 g/mol. The fourth-order valence-electron chi connectivity index (χ4n) is 3.09. The van der Waals surface area contributed by atoms with Gasteiger partial charge in [-0.3, -0.25) is 0 Å². The van der Waals surface area contributed by atoms with Gasteiger partial charge in [0.25, 0.3) is 0 Å². The van der Waals surface area contributed by atoms with Crippen molar-refractivity contribution < 1.29 is 14.6 Å². The topological polar surface area (TPSA) is 59.4 Å². The quantitative estimate of drug-likeness (QED) is 0.694. The molecule has 0 bridgehead atoms. The summed E-state index contributed by atoms with van der Waals surface area (Å²) in [6, 6.07) is 9.48. The van der Waals surface area contributed by atoms with Crippen LogP contribution in [0.5, 0.6) is 11.6 Å². The molecule has 1 aliphatic heterocycles. The van der Waals surface area contributed by atoms with E-state index < -0.39 is 11.5 Å². The lowest BCUT2D eigenvalue weighted by Gasteiger charge is -2.25. The Hall–Kier alpha value is -2.62. The summed E-state index contributed by atoms with van der Waals surface area (Å²) in [6.07, 6.45) is 3.88. The minimum absolute atomic E-state index is 0.0576. The lowest BCUT2D eigenvalue weighted by atomic mass is 9.77. The first-order valence-corrected chi connectivity index (χ1v) is 7.56. The number of pyridine rings is 1. The van der Waals surface area contributed by atoms with Crippen LogP contribution in [0.1, 0.15) is 26.3 Å². The fraction of sp³-hybridized carbons (Fsp3) is 0.263. The average Bonchev–Trinajstić information content (AvgIpc) is 2.89. The van der Waals surface area contributed by atoms with Crippen LogP contribution in [0.4, 0.5) is 0 Å². The summed E-state index contributed by atoms with van der Waals surface area (Å²) in [5.41, 5.74) is 1.87. The summed E-state index contributed by atoms with van der Waals surface area (Å²) in [4.78, 5) is 16.2. The number of aromatic nitrogens is 1. The third-order valence-electron chi connectivity index (χ3n) is 4.53. The zero-order valence-electron chi connectivity index (χ0n) is 13.4. The van der Waals surface area contributed by atoms with E-state index >= 15 is 0 Å². The normalized spacial score (nSPS) is 23.3. The number of ether oxygens (including phenoxy) is 1. The Morgan fingerprint density at radius 2 is 2.04 bits per heavy atom. The van der Waals surface area contributed by atoms with E-state index in [1.807, 2.05) is 50.3 Å². The molecule has 118 valence electrons. The molecule has 2 atom stereocenters. The van der Waals surface area contributed by atoms with E-state index in [2.05, 4.69) is 4.98 Å². The molecule has 0 aliphatic carbocycles. The van der Waals surface area contributed by atoms with E-state index in [1.54, 1.807) is 13.1 Å². The second-order valence-electron chi connectivity index (χ2n) is 6.00. The van der Waals surface area contributed by atoms with E-state index in [0.717, 1.165) is 17.4 Å². The summed E-state index contributed by atoms with van der Waals surface area (Å²) in [5, 5.41) is 10.8. The van der Waals surface area contributed by atoms with Crippen LogP contribution in [0.2, 0.25) is 0 Å². The zero-order chi connectivity index (χ0) is 16.6. The molecule has 0 saturated heterocycles. The molecule has 4 heteroatoms. The number of benzene rings is 1. The Morgan fingerprint density at radius 3 is 2.65 bits per heavy atom. The Morgan fingerprint density at radius 1 is 1.35 bits per heavy atom. The van der Waals surface area contributed by atoms with Crippen LogP contribution < -0.4 is 4.74 Å². The summed E-state index contributed by atoms with van der Waals surface area (Å²) in [7, 11) is 0. The van der Waals surface area contributed by atoms with E-state index in [0.29, 0.717) is 17.0 Å². The van der Waals surface area contributed by atoms with E-state index in [1.165, 1.54) is 0 Å². The van der Waals surface area contributed by atoms with Crippen LogP contribution in [0.15, 0.2) is 48.2 Å². The van der Waals surface area contributed by atoms with E-state index in [9.17, 15) is 9.90 Å². The van der Waals surface area contributed by atoms with Crippen molar-refractivity contribution in [1.82, 2.24) is 4.98 Å². The van der Waals surface area contributed by atoms with Crippen LogP contribution in [0.25, 0.3) is 11.1 Å². The number of carbonyl (C=O) groups excluding carboxylic acids is 1. The van der Waals surface area contributed by atoms with Gasteiger partial charge in [0.05, 0.1) is 11.0 Å². The number of hydrogen-bond donors (Lipinski definition) is 1. The molecule has 0 radical (unpaired) electrons.